The molecule has 0 bridgehead atoms. The third-order valence-electron chi connectivity index (χ3n) is 2.95. The zero-order valence-corrected chi connectivity index (χ0v) is 9.82. The molecule has 4 nitrogen and oxygen atoms in total. The first kappa shape index (κ1) is 11.2. The van der Waals surface area contributed by atoms with Crippen molar-refractivity contribution in [3.8, 4) is 0 Å². The summed E-state index contributed by atoms with van der Waals surface area (Å²) in [5, 5.41) is 3.30. The summed E-state index contributed by atoms with van der Waals surface area (Å²) in [6, 6.07) is 6.50. The zero-order valence-electron chi connectivity index (χ0n) is 9.82. The highest BCUT2D eigenvalue weighted by molar-refractivity contribution is 5.42. The fraction of sp³-hybridized carbons (Fsp3) is 0.583. The van der Waals surface area contributed by atoms with Gasteiger partial charge in [0.2, 0.25) is 0 Å². The lowest BCUT2D eigenvalue weighted by Crippen LogP contribution is -2.31. The van der Waals surface area contributed by atoms with Crippen molar-refractivity contribution in [3.05, 3.63) is 18.2 Å². The molecule has 0 aromatic carbocycles. The molecule has 16 heavy (non-hydrogen) atoms. The molecule has 1 saturated carbocycles. The average Bonchev–Trinajstić information content (AvgIpc) is 3.08. The number of nitrogen functional groups attached to an aromatic ring is 1. The second-order valence-electron chi connectivity index (χ2n) is 4.23. The Balaban J connectivity index is 1.74. The van der Waals surface area contributed by atoms with Crippen LogP contribution in [0.3, 0.4) is 0 Å². The molecule has 0 saturated heterocycles. The van der Waals surface area contributed by atoms with Crippen molar-refractivity contribution < 1.29 is 0 Å². The van der Waals surface area contributed by atoms with E-state index in [2.05, 4.69) is 22.1 Å². The van der Waals surface area contributed by atoms with E-state index >= 15 is 0 Å². The molecular weight excluding hydrogens is 200 g/mol. The summed E-state index contributed by atoms with van der Waals surface area (Å²) < 4.78 is 0. The fourth-order valence-corrected chi connectivity index (χ4v) is 1.92. The Morgan fingerprint density at radius 2 is 2.31 bits per heavy atom. The van der Waals surface area contributed by atoms with Crippen molar-refractivity contribution in [3.63, 3.8) is 0 Å². The summed E-state index contributed by atoms with van der Waals surface area (Å²) in [6.45, 7) is 5.37. The van der Waals surface area contributed by atoms with Gasteiger partial charge in [-0.1, -0.05) is 13.0 Å². The quantitative estimate of drug-likeness (QED) is 0.764. The Hall–Kier alpha value is -1.29. The van der Waals surface area contributed by atoms with E-state index in [4.69, 9.17) is 5.73 Å². The molecule has 0 radical (unpaired) electrons. The Kier molecular flexibility index (Phi) is 3.62. The van der Waals surface area contributed by atoms with Crippen LogP contribution in [-0.2, 0) is 0 Å². The summed E-state index contributed by atoms with van der Waals surface area (Å²) in [7, 11) is 0. The maximum atomic E-state index is 5.61. The number of rotatable bonds is 6. The van der Waals surface area contributed by atoms with Gasteiger partial charge >= 0.3 is 0 Å². The van der Waals surface area contributed by atoms with Crippen LogP contribution in [0.15, 0.2) is 18.2 Å². The van der Waals surface area contributed by atoms with Crippen molar-refractivity contribution in [2.75, 3.05) is 30.7 Å². The summed E-state index contributed by atoms with van der Waals surface area (Å²) in [5.74, 6) is 1.44. The molecule has 0 atom stereocenters. The van der Waals surface area contributed by atoms with Gasteiger partial charge in [-0.3, -0.25) is 4.90 Å². The van der Waals surface area contributed by atoms with E-state index in [1.807, 2.05) is 12.1 Å². The van der Waals surface area contributed by atoms with Crippen LogP contribution in [0.1, 0.15) is 19.8 Å². The summed E-state index contributed by atoms with van der Waals surface area (Å²) in [6.07, 6.45) is 2.73. The monoisotopic (exact) mass is 220 g/mol. The number of pyridine rings is 1. The van der Waals surface area contributed by atoms with Gasteiger partial charge in [0.1, 0.15) is 11.6 Å². The first-order valence-corrected chi connectivity index (χ1v) is 6.00. The summed E-state index contributed by atoms with van der Waals surface area (Å²) in [4.78, 5) is 6.72. The van der Waals surface area contributed by atoms with Crippen molar-refractivity contribution in [2.24, 2.45) is 0 Å². The molecule has 0 amide bonds. The van der Waals surface area contributed by atoms with Crippen LogP contribution in [0.5, 0.6) is 0 Å². The van der Waals surface area contributed by atoms with E-state index in [1.54, 1.807) is 6.07 Å². The minimum absolute atomic E-state index is 0.569. The molecule has 2 rings (SSSR count). The molecule has 1 heterocycles. The van der Waals surface area contributed by atoms with Crippen molar-refractivity contribution in [1.82, 2.24) is 9.88 Å². The summed E-state index contributed by atoms with van der Waals surface area (Å²) in [5.41, 5.74) is 5.61. The highest BCUT2D eigenvalue weighted by Gasteiger charge is 2.26. The van der Waals surface area contributed by atoms with Crippen LogP contribution in [0.2, 0.25) is 0 Å². The number of nitrogens with zero attached hydrogens (tertiary/aromatic N) is 2. The first-order chi connectivity index (χ1) is 7.79. The molecule has 0 spiro atoms. The van der Waals surface area contributed by atoms with Crippen molar-refractivity contribution >= 4 is 11.6 Å². The van der Waals surface area contributed by atoms with Gasteiger partial charge in [-0.2, -0.15) is 0 Å². The third-order valence-corrected chi connectivity index (χ3v) is 2.95. The lowest BCUT2D eigenvalue weighted by Gasteiger charge is -2.19. The molecule has 0 unspecified atom stereocenters. The molecule has 88 valence electrons. The SMILES string of the molecule is CCN(CCNc1cccc(N)n1)C1CC1. The van der Waals surface area contributed by atoms with Gasteiger partial charge in [0.15, 0.2) is 0 Å². The second-order valence-corrected chi connectivity index (χ2v) is 4.23. The van der Waals surface area contributed by atoms with Gasteiger partial charge in [0.25, 0.3) is 0 Å². The Labute approximate surface area is 96.8 Å². The molecule has 1 aliphatic carbocycles. The van der Waals surface area contributed by atoms with Crippen molar-refractivity contribution in [1.29, 1.82) is 0 Å². The summed E-state index contributed by atoms with van der Waals surface area (Å²) >= 11 is 0. The van der Waals surface area contributed by atoms with E-state index in [1.165, 1.54) is 12.8 Å². The van der Waals surface area contributed by atoms with Gasteiger partial charge in [0, 0.05) is 19.1 Å². The number of likely N-dealkylation sites (N-methyl/N-ethyl adjacent to an activating group) is 1. The molecule has 4 heteroatoms. The fourth-order valence-electron chi connectivity index (χ4n) is 1.92. The van der Waals surface area contributed by atoms with Crippen LogP contribution >= 0.6 is 0 Å². The zero-order chi connectivity index (χ0) is 11.4. The van der Waals surface area contributed by atoms with Crippen LogP contribution in [-0.4, -0.2) is 35.6 Å². The highest BCUT2D eigenvalue weighted by atomic mass is 15.2. The van der Waals surface area contributed by atoms with Gasteiger partial charge in [0.05, 0.1) is 0 Å². The van der Waals surface area contributed by atoms with E-state index < -0.39 is 0 Å². The predicted octanol–water partition coefficient (Wildman–Crippen LogP) is 1.56. The number of nitrogens with two attached hydrogens (primary N) is 1. The third kappa shape index (κ3) is 3.10. The van der Waals surface area contributed by atoms with Gasteiger partial charge < -0.3 is 11.1 Å². The number of hydrogen-bond acceptors (Lipinski definition) is 4. The molecule has 3 N–H and O–H groups in total. The van der Waals surface area contributed by atoms with Crippen LogP contribution in [0, 0.1) is 0 Å². The normalized spacial score (nSPS) is 15.4. The number of nitrogens with one attached hydrogen (secondary N) is 1. The average molecular weight is 220 g/mol. The minimum atomic E-state index is 0.569. The Morgan fingerprint density at radius 3 is 2.94 bits per heavy atom. The molecule has 1 aromatic rings. The minimum Gasteiger partial charge on any atom is -0.384 e. The lowest BCUT2D eigenvalue weighted by atomic mass is 10.4. The molecular formula is C12H20N4. The molecule has 0 aliphatic heterocycles. The van der Waals surface area contributed by atoms with Gasteiger partial charge in [-0.05, 0) is 31.5 Å². The molecule has 1 aromatic heterocycles. The van der Waals surface area contributed by atoms with E-state index in [9.17, 15) is 0 Å². The number of aromatic nitrogens is 1. The van der Waals surface area contributed by atoms with E-state index in [0.717, 1.165) is 31.5 Å². The van der Waals surface area contributed by atoms with Crippen molar-refractivity contribution in [2.45, 2.75) is 25.8 Å². The smallest absolute Gasteiger partial charge is 0.128 e. The van der Waals surface area contributed by atoms with Crippen LogP contribution in [0.25, 0.3) is 0 Å². The molecule has 1 fully saturated rings. The number of hydrogen-bond donors (Lipinski definition) is 2. The van der Waals surface area contributed by atoms with Crippen LogP contribution < -0.4 is 11.1 Å². The van der Waals surface area contributed by atoms with Gasteiger partial charge in [-0.25, -0.2) is 4.98 Å². The Morgan fingerprint density at radius 1 is 1.50 bits per heavy atom. The van der Waals surface area contributed by atoms with Crippen LogP contribution in [0.4, 0.5) is 11.6 Å². The standard InChI is InChI=1S/C12H20N4/c1-2-16(10-6-7-10)9-8-14-12-5-3-4-11(13)15-12/h3-5,10H,2,6-9H2,1H3,(H3,13,14,15). The number of anilines is 2. The maximum absolute atomic E-state index is 5.61. The maximum Gasteiger partial charge on any atom is 0.128 e. The predicted molar refractivity (Wildman–Crippen MR) is 67.4 cm³/mol. The highest BCUT2D eigenvalue weighted by Crippen LogP contribution is 2.25. The Bertz CT molecular complexity index is 336. The topological polar surface area (TPSA) is 54.2 Å². The van der Waals surface area contributed by atoms with E-state index in [-0.39, 0.29) is 0 Å². The van der Waals surface area contributed by atoms with E-state index in [0.29, 0.717) is 5.82 Å². The largest absolute Gasteiger partial charge is 0.384 e. The lowest BCUT2D eigenvalue weighted by molar-refractivity contribution is 0.289. The first-order valence-electron chi connectivity index (χ1n) is 6.00. The second kappa shape index (κ2) is 5.16. The van der Waals surface area contributed by atoms with Gasteiger partial charge in [-0.15, -0.1) is 0 Å². The molecule has 1 aliphatic rings.